The molecule has 1 saturated heterocycles. The SMILES string of the molecule is CC[C@H]1C[C@H](OC(=O)c2ccccc2)CCN1C(C)=O. The van der Waals surface area contributed by atoms with E-state index in [9.17, 15) is 9.59 Å². The molecule has 4 heteroatoms. The zero-order valence-corrected chi connectivity index (χ0v) is 12.0. The van der Waals surface area contributed by atoms with Crippen molar-refractivity contribution in [2.24, 2.45) is 0 Å². The Bertz CT molecular complexity index is 472. The molecule has 108 valence electrons. The summed E-state index contributed by atoms with van der Waals surface area (Å²) in [6.45, 7) is 4.32. The number of hydrogen-bond donors (Lipinski definition) is 0. The van der Waals surface area contributed by atoms with Crippen LogP contribution in [0.4, 0.5) is 0 Å². The van der Waals surface area contributed by atoms with Crippen LogP contribution in [0.3, 0.4) is 0 Å². The molecule has 4 nitrogen and oxygen atoms in total. The molecule has 1 aliphatic rings. The van der Waals surface area contributed by atoms with E-state index >= 15 is 0 Å². The Labute approximate surface area is 119 Å². The molecule has 1 aromatic carbocycles. The number of piperidine rings is 1. The molecule has 0 unspecified atom stereocenters. The van der Waals surface area contributed by atoms with Gasteiger partial charge in [0.25, 0.3) is 0 Å². The van der Waals surface area contributed by atoms with Crippen molar-refractivity contribution in [2.75, 3.05) is 6.54 Å². The lowest BCUT2D eigenvalue weighted by atomic mass is 9.97. The van der Waals surface area contributed by atoms with E-state index in [-0.39, 0.29) is 24.0 Å². The van der Waals surface area contributed by atoms with Gasteiger partial charge >= 0.3 is 5.97 Å². The number of rotatable bonds is 3. The quantitative estimate of drug-likeness (QED) is 0.797. The number of likely N-dealkylation sites (tertiary alicyclic amines) is 1. The maximum Gasteiger partial charge on any atom is 0.338 e. The van der Waals surface area contributed by atoms with Crippen LogP contribution in [0.15, 0.2) is 30.3 Å². The molecule has 0 spiro atoms. The van der Waals surface area contributed by atoms with Crippen molar-refractivity contribution in [3.8, 4) is 0 Å². The highest BCUT2D eigenvalue weighted by molar-refractivity contribution is 5.89. The van der Waals surface area contributed by atoms with Crippen LogP contribution in [-0.2, 0) is 9.53 Å². The summed E-state index contributed by atoms with van der Waals surface area (Å²) in [4.78, 5) is 25.4. The fraction of sp³-hybridized carbons (Fsp3) is 0.500. The molecule has 0 aliphatic carbocycles. The van der Waals surface area contributed by atoms with Crippen LogP contribution in [0.25, 0.3) is 0 Å². The molecular formula is C16H21NO3. The Hall–Kier alpha value is -1.84. The van der Waals surface area contributed by atoms with Gasteiger partial charge in [0.1, 0.15) is 6.10 Å². The summed E-state index contributed by atoms with van der Waals surface area (Å²) in [6.07, 6.45) is 2.24. The number of carbonyl (C=O) groups is 2. The van der Waals surface area contributed by atoms with Gasteiger partial charge in [0.2, 0.25) is 5.91 Å². The summed E-state index contributed by atoms with van der Waals surface area (Å²) in [6, 6.07) is 9.20. The number of carbonyl (C=O) groups excluding carboxylic acids is 2. The molecule has 2 atom stereocenters. The highest BCUT2D eigenvalue weighted by Gasteiger charge is 2.30. The van der Waals surface area contributed by atoms with Crippen LogP contribution in [-0.4, -0.2) is 35.5 Å². The summed E-state index contributed by atoms with van der Waals surface area (Å²) in [5.41, 5.74) is 0.578. The first-order chi connectivity index (χ1) is 9.61. The first-order valence-electron chi connectivity index (χ1n) is 7.15. The third-order valence-electron chi connectivity index (χ3n) is 3.83. The molecule has 20 heavy (non-hydrogen) atoms. The molecule has 0 N–H and O–H groups in total. The lowest BCUT2D eigenvalue weighted by molar-refractivity contribution is -0.134. The van der Waals surface area contributed by atoms with Gasteiger partial charge < -0.3 is 9.64 Å². The van der Waals surface area contributed by atoms with Gasteiger partial charge in [-0.15, -0.1) is 0 Å². The van der Waals surface area contributed by atoms with E-state index in [0.717, 1.165) is 12.8 Å². The Morgan fingerprint density at radius 2 is 2.00 bits per heavy atom. The summed E-state index contributed by atoms with van der Waals surface area (Å²) < 4.78 is 5.56. The van der Waals surface area contributed by atoms with Gasteiger partial charge in [0, 0.05) is 32.4 Å². The van der Waals surface area contributed by atoms with Crippen molar-refractivity contribution in [1.29, 1.82) is 0 Å². The van der Waals surface area contributed by atoms with Crippen molar-refractivity contribution in [3.05, 3.63) is 35.9 Å². The maximum absolute atomic E-state index is 12.0. The fourth-order valence-electron chi connectivity index (χ4n) is 2.72. The van der Waals surface area contributed by atoms with Crippen molar-refractivity contribution < 1.29 is 14.3 Å². The van der Waals surface area contributed by atoms with E-state index in [2.05, 4.69) is 6.92 Å². The predicted molar refractivity (Wildman–Crippen MR) is 76.3 cm³/mol. The molecule has 2 rings (SSSR count). The molecule has 0 radical (unpaired) electrons. The Balaban J connectivity index is 1.95. The molecule has 0 bridgehead atoms. The standard InChI is InChI=1S/C16H21NO3/c1-3-14-11-15(9-10-17(14)12(2)18)20-16(19)13-7-5-4-6-8-13/h4-8,14-15H,3,9-11H2,1-2H3/t14-,15+/m0/s1. The number of esters is 1. The van der Waals surface area contributed by atoms with Crippen LogP contribution in [0.5, 0.6) is 0 Å². The number of nitrogens with zero attached hydrogens (tertiary/aromatic N) is 1. The summed E-state index contributed by atoms with van der Waals surface area (Å²) in [7, 11) is 0. The third-order valence-corrected chi connectivity index (χ3v) is 3.83. The fourth-order valence-corrected chi connectivity index (χ4v) is 2.72. The van der Waals surface area contributed by atoms with Gasteiger partial charge in [0.15, 0.2) is 0 Å². The van der Waals surface area contributed by atoms with Gasteiger partial charge in [-0.1, -0.05) is 25.1 Å². The van der Waals surface area contributed by atoms with Crippen molar-refractivity contribution in [2.45, 2.75) is 45.3 Å². The van der Waals surface area contributed by atoms with E-state index in [1.165, 1.54) is 0 Å². The second kappa shape index (κ2) is 6.55. The van der Waals surface area contributed by atoms with Crippen molar-refractivity contribution in [3.63, 3.8) is 0 Å². The predicted octanol–water partition coefficient (Wildman–Crippen LogP) is 2.63. The van der Waals surface area contributed by atoms with E-state index in [0.29, 0.717) is 18.5 Å². The van der Waals surface area contributed by atoms with Crippen LogP contribution in [0, 0.1) is 0 Å². The summed E-state index contributed by atoms with van der Waals surface area (Å²) in [5.74, 6) is -0.175. The number of amides is 1. The first kappa shape index (κ1) is 14.6. The largest absolute Gasteiger partial charge is 0.459 e. The van der Waals surface area contributed by atoms with Gasteiger partial charge in [-0.05, 0) is 18.6 Å². The lowest BCUT2D eigenvalue weighted by Gasteiger charge is -2.38. The number of ether oxygens (including phenoxy) is 1. The molecule has 1 aliphatic heterocycles. The zero-order valence-electron chi connectivity index (χ0n) is 12.0. The monoisotopic (exact) mass is 275 g/mol. The van der Waals surface area contributed by atoms with E-state index in [1.807, 2.05) is 23.1 Å². The first-order valence-corrected chi connectivity index (χ1v) is 7.15. The molecule has 0 aromatic heterocycles. The Kier molecular flexibility index (Phi) is 4.77. The minimum atomic E-state index is -0.276. The number of benzene rings is 1. The average molecular weight is 275 g/mol. The Morgan fingerprint density at radius 3 is 2.60 bits per heavy atom. The minimum absolute atomic E-state index is 0.0942. The van der Waals surface area contributed by atoms with E-state index < -0.39 is 0 Å². The van der Waals surface area contributed by atoms with Crippen molar-refractivity contribution in [1.82, 2.24) is 4.90 Å². The smallest absolute Gasteiger partial charge is 0.338 e. The molecule has 1 aromatic rings. The van der Waals surface area contributed by atoms with Gasteiger partial charge in [-0.2, -0.15) is 0 Å². The van der Waals surface area contributed by atoms with Crippen molar-refractivity contribution >= 4 is 11.9 Å². The van der Waals surface area contributed by atoms with Gasteiger partial charge in [0.05, 0.1) is 5.56 Å². The van der Waals surface area contributed by atoms with Gasteiger partial charge in [-0.3, -0.25) is 4.79 Å². The topological polar surface area (TPSA) is 46.6 Å². The highest BCUT2D eigenvalue weighted by atomic mass is 16.5. The lowest BCUT2D eigenvalue weighted by Crippen LogP contribution is -2.47. The molecular weight excluding hydrogens is 254 g/mol. The van der Waals surface area contributed by atoms with Crippen LogP contribution in [0.2, 0.25) is 0 Å². The van der Waals surface area contributed by atoms with E-state index in [4.69, 9.17) is 4.74 Å². The minimum Gasteiger partial charge on any atom is -0.459 e. The van der Waals surface area contributed by atoms with Gasteiger partial charge in [-0.25, -0.2) is 4.79 Å². The Morgan fingerprint density at radius 1 is 1.30 bits per heavy atom. The zero-order chi connectivity index (χ0) is 14.5. The average Bonchev–Trinajstić information content (AvgIpc) is 2.47. The molecule has 1 amide bonds. The summed E-state index contributed by atoms with van der Waals surface area (Å²) in [5, 5.41) is 0. The summed E-state index contributed by atoms with van der Waals surface area (Å²) >= 11 is 0. The molecule has 1 fully saturated rings. The highest BCUT2D eigenvalue weighted by Crippen LogP contribution is 2.23. The maximum atomic E-state index is 12.0. The second-order valence-corrected chi connectivity index (χ2v) is 5.19. The van der Waals surface area contributed by atoms with E-state index in [1.54, 1.807) is 19.1 Å². The molecule has 1 heterocycles. The number of hydrogen-bond acceptors (Lipinski definition) is 3. The van der Waals surface area contributed by atoms with Crippen LogP contribution < -0.4 is 0 Å². The normalized spacial score (nSPS) is 22.4. The molecule has 0 saturated carbocycles. The third kappa shape index (κ3) is 3.38. The van der Waals surface area contributed by atoms with Crippen LogP contribution in [0.1, 0.15) is 43.5 Å². The van der Waals surface area contributed by atoms with Crippen LogP contribution >= 0.6 is 0 Å². The second-order valence-electron chi connectivity index (χ2n) is 5.19.